The van der Waals surface area contributed by atoms with Crippen LogP contribution in [-0.4, -0.2) is 70.9 Å². The van der Waals surface area contributed by atoms with Gasteiger partial charge >= 0.3 is 0 Å². The van der Waals surface area contributed by atoms with Crippen molar-refractivity contribution < 1.29 is 19.2 Å². The van der Waals surface area contributed by atoms with E-state index in [0.717, 1.165) is 25.7 Å². The van der Waals surface area contributed by atoms with Crippen molar-refractivity contribution in [3.8, 4) is 0 Å². The molecule has 0 atom stereocenters. The van der Waals surface area contributed by atoms with Crippen molar-refractivity contribution in [1.82, 2.24) is 19.8 Å². The van der Waals surface area contributed by atoms with Crippen LogP contribution in [0.1, 0.15) is 46.7 Å². The molecule has 12 N–H and O–H groups in total. The smallest absolute Gasteiger partial charge is 0.268 e. The van der Waals surface area contributed by atoms with E-state index in [1.54, 1.807) is 24.5 Å². The molecule has 2 aromatic heterocycles. The monoisotopic (exact) mass is 582 g/mol. The quantitative estimate of drug-likeness (QED) is 0.0709. The van der Waals surface area contributed by atoms with Crippen LogP contribution in [0.15, 0.2) is 34.5 Å². The Morgan fingerprint density at radius 2 is 1.07 bits per heavy atom. The average Bonchev–Trinajstić information content (AvgIpc) is 3.84. The van der Waals surface area contributed by atoms with E-state index in [4.69, 9.17) is 22.9 Å². The van der Waals surface area contributed by atoms with Crippen molar-refractivity contribution in [2.24, 2.45) is 44.8 Å². The van der Waals surface area contributed by atoms with Crippen LogP contribution in [0, 0.1) is 11.8 Å². The highest BCUT2D eigenvalue weighted by molar-refractivity contribution is 5.99. The molecule has 0 radical (unpaired) electrons. The highest BCUT2D eigenvalue weighted by Gasteiger charge is 2.26. The van der Waals surface area contributed by atoms with Crippen LogP contribution in [0.4, 0.5) is 11.4 Å². The van der Waals surface area contributed by atoms with Crippen LogP contribution in [0.3, 0.4) is 0 Å². The Hall–Kier alpha value is -5.02. The van der Waals surface area contributed by atoms with Crippen molar-refractivity contribution in [1.29, 1.82) is 0 Å². The molecule has 0 unspecified atom stereocenters. The van der Waals surface area contributed by atoms with Gasteiger partial charge in [-0.25, -0.2) is 9.98 Å². The van der Waals surface area contributed by atoms with Gasteiger partial charge in [-0.3, -0.25) is 19.2 Å². The van der Waals surface area contributed by atoms with E-state index in [-0.39, 0.29) is 49.9 Å². The number of guanidine groups is 2. The maximum atomic E-state index is 13.0. The molecule has 0 bridgehead atoms. The van der Waals surface area contributed by atoms with E-state index < -0.39 is 11.8 Å². The number of hydrogen-bond donors (Lipinski definition) is 8. The summed E-state index contributed by atoms with van der Waals surface area (Å²) >= 11 is 0. The van der Waals surface area contributed by atoms with Crippen molar-refractivity contribution in [3.63, 3.8) is 0 Å². The maximum absolute atomic E-state index is 13.0. The minimum Gasteiger partial charge on any atom is -0.370 e. The largest absolute Gasteiger partial charge is 0.370 e. The van der Waals surface area contributed by atoms with E-state index >= 15 is 0 Å². The molecular formula is C26H38N12O4. The number of nitrogens with two attached hydrogens (primary N) is 4. The van der Waals surface area contributed by atoms with Gasteiger partial charge in [0.1, 0.15) is 24.5 Å². The topological polar surface area (TPSA) is 255 Å². The summed E-state index contributed by atoms with van der Waals surface area (Å²) in [5.74, 6) is -0.898. The summed E-state index contributed by atoms with van der Waals surface area (Å²) in [5.41, 5.74) is 22.8. The highest BCUT2D eigenvalue weighted by Crippen LogP contribution is 2.32. The lowest BCUT2D eigenvalue weighted by Crippen LogP contribution is -2.36. The third-order valence-electron chi connectivity index (χ3n) is 6.64. The van der Waals surface area contributed by atoms with Crippen LogP contribution >= 0.6 is 0 Å². The molecule has 0 aliphatic heterocycles. The van der Waals surface area contributed by atoms with Crippen LogP contribution in [0.25, 0.3) is 0 Å². The zero-order chi connectivity index (χ0) is 30.2. The molecule has 2 saturated carbocycles. The van der Waals surface area contributed by atoms with Gasteiger partial charge in [0, 0.05) is 38.6 Å². The van der Waals surface area contributed by atoms with Crippen LogP contribution in [0.2, 0.25) is 0 Å². The zero-order valence-corrected chi connectivity index (χ0v) is 23.3. The van der Waals surface area contributed by atoms with Crippen molar-refractivity contribution >= 4 is 46.9 Å². The Labute approximate surface area is 242 Å². The molecule has 16 nitrogen and oxygen atoms in total. The molecule has 226 valence electrons. The van der Waals surface area contributed by atoms with Crippen molar-refractivity contribution in [3.05, 3.63) is 35.9 Å². The molecule has 2 aliphatic rings. The summed E-state index contributed by atoms with van der Waals surface area (Å²) in [5, 5.41) is 11.0. The number of nitrogens with zero attached hydrogens (tertiary/aromatic N) is 4. The fourth-order valence-electron chi connectivity index (χ4n) is 4.26. The number of aliphatic imine (C=N–C) groups is 2. The number of hydrogen-bond acceptors (Lipinski definition) is 6. The first-order valence-electron chi connectivity index (χ1n) is 13.7. The predicted octanol–water partition coefficient (Wildman–Crippen LogP) is -1.31. The summed E-state index contributed by atoms with van der Waals surface area (Å²) in [6.07, 6.45) is 7.76. The van der Waals surface area contributed by atoms with Gasteiger partial charge in [-0.15, -0.1) is 0 Å². The average molecular weight is 583 g/mol. The lowest BCUT2D eigenvalue weighted by atomic mass is 10.3. The molecule has 0 spiro atoms. The van der Waals surface area contributed by atoms with Crippen LogP contribution < -0.4 is 44.2 Å². The number of amides is 4. The summed E-state index contributed by atoms with van der Waals surface area (Å²) in [7, 11) is 0. The van der Waals surface area contributed by atoms with E-state index in [1.165, 1.54) is 0 Å². The normalized spacial score (nSPS) is 14.0. The Morgan fingerprint density at radius 1 is 0.690 bits per heavy atom. The summed E-state index contributed by atoms with van der Waals surface area (Å²) in [6, 6.07) is 3.19. The summed E-state index contributed by atoms with van der Waals surface area (Å²) in [4.78, 5) is 57.6. The number of rotatable bonds is 15. The third kappa shape index (κ3) is 9.28. The molecule has 2 aliphatic carbocycles. The first-order chi connectivity index (χ1) is 20.1. The van der Waals surface area contributed by atoms with E-state index in [2.05, 4.69) is 31.3 Å². The van der Waals surface area contributed by atoms with Gasteiger partial charge < -0.3 is 53.3 Å². The van der Waals surface area contributed by atoms with E-state index in [9.17, 15) is 19.2 Å². The van der Waals surface area contributed by atoms with Crippen molar-refractivity contribution in [2.75, 3.05) is 36.8 Å². The van der Waals surface area contributed by atoms with Gasteiger partial charge in [0.05, 0.1) is 11.4 Å². The van der Waals surface area contributed by atoms with Gasteiger partial charge in [0.2, 0.25) is 11.8 Å². The Kier molecular flexibility index (Phi) is 9.67. The maximum Gasteiger partial charge on any atom is 0.268 e. The molecule has 4 amide bonds. The lowest BCUT2D eigenvalue weighted by Gasteiger charge is -2.11. The van der Waals surface area contributed by atoms with Gasteiger partial charge in [0.25, 0.3) is 11.8 Å². The minimum atomic E-state index is -0.412. The van der Waals surface area contributed by atoms with Gasteiger partial charge in [-0.2, -0.15) is 0 Å². The summed E-state index contributed by atoms with van der Waals surface area (Å²) < 4.78 is 3.63. The fraction of sp³-hybridized carbons (Fsp3) is 0.462. The van der Waals surface area contributed by atoms with Crippen LogP contribution in [-0.2, 0) is 22.7 Å². The van der Waals surface area contributed by atoms with Gasteiger partial charge in [-0.05, 0) is 49.7 Å². The fourth-order valence-corrected chi connectivity index (χ4v) is 4.26. The molecule has 4 rings (SSSR count). The zero-order valence-electron chi connectivity index (χ0n) is 23.3. The number of nitrogens with one attached hydrogen (secondary N) is 4. The lowest BCUT2D eigenvalue weighted by molar-refractivity contribution is -0.115. The molecule has 42 heavy (non-hydrogen) atoms. The predicted molar refractivity (Wildman–Crippen MR) is 158 cm³/mol. The number of carbonyl (C=O) groups excluding carboxylic acids is 4. The Balaban J connectivity index is 1.31. The van der Waals surface area contributed by atoms with Crippen molar-refractivity contribution in [2.45, 2.75) is 38.8 Å². The first-order valence-corrected chi connectivity index (χ1v) is 13.7. The molecule has 16 heteroatoms. The second-order valence-corrected chi connectivity index (χ2v) is 10.5. The molecule has 2 aromatic rings. The second-order valence-electron chi connectivity index (χ2n) is 10.5. The molecule has 0 saturated heterocycles. The molecule has 2 fully saturated rings. The minimum absolute atomic E-state index is 0.177. The molecule has 2 heterocycles. The Bertz CT molecular complexity index is 1270. The Morgan fingerprint density at radius 3 is 1.40 bits per heavy atom. The second kappa shape index (κ2) is 13.6. The molecular weight excluding hydrogens is 544 g/mol. The SMILES string of the molecule is NC(N)=NCC(=O)Nc1cc(C(=O)NCCNC(=O)c2cc(NC(=O)CN=C(N)N)cn2CC2CC2)n(CC2CC2)c1. The van der Waals surface area contributed by atoms with E-state index in [0.29, 0.717) is 47.7 Å². The first kappa shape index (κ1) is 30.0. The number of anilines is 2. The standard InChI is InChI=1S/C26H38N12O4/c27-25(28)33-9-21(39)35-17-7-19(37(13-17)11-15-1-2-15)23(41)31-5-6-32-24(42)20-8-18(14-38(20)12-16-3-4-16)36-22(40)10-34-26(29)30/h7-8,13-16H,1-6,9-12H2,(H,31,41)(H,32,42)(H,35,39)(H,36,40)(H4,27,28,33)(H4,29,30,34). The molecule has 0 aromatic carbocycles. The number of aromatic nitrogens is 2. The van der Waals surface area contributed by atoms with Gasteiger partial charge in [-0.1, -0.05) is 0 Å². The third-order valence-corrected chi connectivity index (χ3v) is 6.64. The highest BCUT2D eigenvalue weighted by atomic mass is 16.2. The van der Waals surface area contributed by atoms with E-state index in [1.807, 2.05) is 9.13 Å². The summed E-state index contributed by atoms with van der Waals surface area (Å²) in [6.45, 7) is 1.21. The number of carbonyl (C=O) groups is 4. The van der Waals surface area contributed by atoms with Crippen LogP contribution in [0.5, 0.6) is 0 Å². The van der Waals surface area contributed by atoms with Gasteiger partial charge in [0.15, 0.2) is 11.9 Å².